The molecule has 14 heavy (non-hydrogen) atoms. The molecule has 5 heteroatoms. The Morgan fingerprint density at radius 1 is 1.50 bits per heavy atom. The lowest BCUT2D eigenvalue weighted by Gasteiger charge is -2.26. The zero-order valence-electron chi connectivity index (χ0n) is 8.54. The third kappa shape index (κ3) is 2.70. The van der Waals surface area contributed by atoms with E-state index in [4.69, 9.17) is 0 Å². The van der Waals surface area contributed by atoms with E-state index < -0.39 is 5.60 Å². The minimum atomic E-state index is -1.35. The average Bonchev–Trinajstić information content (AvgIpc) is 2.27. The van der Waals surface area contributed by atoms with Crippen LogP contribution in [0.15, 0.2) is 0 Å². The van der Waals surface area contributed by atoms with Crippen LogP contribution in [-0.2, 0) is 9.59 Å². The van der Waals surface area contributed by atoms with Crippen LogP contribution in [0.5, 0.6) is 0 Å². The van der Waals surface area contributed by atoms with Gasteiger partial charge in [0.2, 0.25) is 5.91 Å². The van der Waals surface area contributed by atoms with E-state index in [0.29, 0.717) is 26.1 Å². The Kier molecular flexibility index (Phi) is 3.10. The van der Waals surface area contributed by atoms with Gasteiger partial charge in [0.05, 0.1) is 0 Å². The van der Waals surface area contributed by atoms with Gasteiger partial charge in [-0.3, -0.25) is 9.59 Å². The summed E-state index contributed by atoms with van der Waals surface area (Å²) in [6.45, 7) is 4.22. The summed E-state index contributed by atoms with van der Waals surface area (Å²) in [5, 5.41) is 12.2. The predicted octanol–water partition coefficient (Wildman–Crippen LogP) is -0.894. The van der Waals surface area contributed by atoms with Crippen LogP contribution in [-0.4, -0.2) is 47.1 Å². The molecule has 2 N–H and O–H groups in total. The number of nitrogens with one attached hydrogen (secondary N) is 1. The van der Waals surface area contributed by atoms with Gasteiger partial charge in [-0.2, -0.15) is 0 Å². The standard InChI is InChI=1S/C9H16N2O3/c1-9(2,14)8(13)11-5-3-7(12)10-4-6-11/h14H,3-6H2,1-2H3,(H,10,12). The Bertz CT molecular complexity index is 245. The van der Waals surface area contributed by atoms with Crippen molar-refractivity contribution in [3.63, 3.8) is 0 Å². The van der Waals surface area contributed by atoms with Crippen LogP contribution < -0.4 is 5.32 Å². The fourth-order valence-corrected chi connectivity index (χ4v) is 1.36. The molecule has 1 aliphatic rings. The maximum absolute atomic E-state index is 11.6. The van der Waals surface area contributed by atoms with Crippen molar-refractivity contribution in [1.82, 2.24) is 10.2 Å². The van der Waals surface area contributed by atoms with Crippen molar-refractivity contribution in [3.8, 4) is 0 Å². The van der Waals surface area contributed by atoms with Gasteiger partial charge in [0.15, 0.2) is 0 Å². The Morgan fingerprint density at radius 2 is 2.14 bits per heavy atom. The van der Waals surface area contributed by atoms with E-state index in [1.165, 1.54) is 18.7 Å². The van der Waals surface area contributed by atoms with Crippen molar-refractivity contribution >= 4 is 11.8 Å². The Labute approximate surface area is 83.1 Å². The smallest absolute Gasteiger partial charge is 0.254 e. The largest absolute Gasteiger partial charge is 0.381 e. The van der Waals surface area contributed by atoms with Crippen molar-refractivity contribution in [2.24, 2.45) is 0 Å². The van der Waals surface area contributed by atoms with Gasteiger partial charge in [-0.15, -0.1) is 0 Å². The number of hydrogen-bond donors (Lipinski definition) is 2. The van der Waals surface area contributed by atoms with Crippen LogP contribution in [0.4, 0.5) is 0 Å². The van der Waals surface area contributed by atoms with Crippen molar-refractivity contribution in [3.05, 3.63) is 0 Å². The van der Waals surface area contributed by atoms with Crippen molar-refractivity contribution in [1.29, 1.82) is 0 Å². The first kappa shape index (κ1) is 11.0. The number of carbonyl (C=O) groups excluding carboxylic acids is 2. The molecule has 0 aliphatic carbocycles. The molecule has 1 fully saturated rings. The highest BCUT2D eigenvalue weighted by atomic mass is 16.3. The molecule has 0 aromatic rings. The highest BCUT2D eigenvalue weighted by Crippen LogP contribution is 2.08. The number of hydrogen-bond acceptors (Lipinski definition) is 3. The average molecular weight is 200 g/mol. The molecule has 5 nitrogen and oxygen atoms in total. The van der Waals surface area contributed by atoms with E-state index in [0.717, 1.165) is 0 Å². The Hall–Kier alpha value is -1.10. The predicted molar refractivity (Wildman–Crippen MR) is 50.5 cm³/mol. The summed E-state index contributed by atoms with van der Waals surface area (Å²) in [7, 11) is 0. The van der Waals surface area contributed by atoms with Crippen molar-refractivity contribution in [2.45, 2.75) is 25.9 Å². The summed E-state index contributed by atoms with van der Waals surface area (Å²) >= 11 is 0. The molecule has 0 bridgehead atoms. The third-order valence-corrected chi connectivity index (χ3v) is 2.12. The molecular formula is C9H16N2O3. The molecule has 1 heterocycles. The van der Waals surface area contributed by atoms with Crippen LogP contribution in [0.2, 0.25) is 0 Å². The maximum atomic E-state index is 11.6. The summed E-state index contributed by atoms with van der Waals surface area (Å²) in [5.74, 6) is -0.370. The SMILES string of the molecule is CC(C)(O)C(=O)N1CCNC(=O)CC1. The molecule has 0 atom stereocenters. The fourth-order valence-electron chi connectivity index (χ4n) is 1.36. The zero-order chi connectivity index (χ0) is 10.8. The zero-order valence-corrected chi connectivity index (χ0v) is 8.54. The summed E-state index contributed by atoms with van der Waals surface area (Å²) in [4.78, 5) is 24.1. The highest BCUT2D eigenvalue weighted by molar-refractivity contribution is 5.85. The molecule has 0 unspecified atom stereocenters. The van der Waals surface area contributed by atoms with E-state index in [1.54, 1.807) is 0 Å². The van der Waals surface area contributed by atoms with Crippen LogP contribution in [0, 0.1) is 0 Å². The van der Waals surface area contributed by atoms with Crippen LogP contribution in [0.3, 0.4) is 0 Å². The van der Waals surface area contributed by atoms with Gasteiger partial charge in [0, 0.05) is 26.1 Å². The van der Waals surface area contributed by atoms with Gasteiger partial charge in [-0.25, -0.2) is 0 Å². The monoisotopic (exact) mass is 200 g/mol. The quantitative estimate of drug-likeness (QED) is 0.576. The number of aliphatic hydroxyl groups is 1. The van der Waals surface area contributed by atoms with Crippen molar-refractivity contribution in [2.75, 3.05) is 19.6 Å². The normalized spacial score (nSPS) is 18.8. The fraction of sp³-hybridized carbons (Fsp3) is 0.778. The second-order valence-corrected chi connectivity index (χ2v) is 3.95. The van der Waals surface area contributed by atoms with Crippen LogP contribution in [0.25, 0.3) is 0 Å². The lowest BCUT2D eigenvalue weighted by molar-refractivity contribution is -0.147. The van der Waals surface area contributed by atoms with Crippen LogP contribution >= 0.6 is 0 Å². The molecule has 80 valence electrons. The molecule has 1 rings (SSSR count). The molecule has 2 amide bonds. The maximum Gasteiger partial charge on any atom is 0.254 e. The summed E-state index contributed by atoms with van der Waals surface area (Å²) < 4.78 is 0. The molecule has 0 saturated carbocycles. The Morgan fingerprint density at radius 3 is 2.71 bits per heavy atom. The summed E-state index contributed by atoms with van der Waals surface area (Å²) in [5.41, 5.74) is -1.35. The van der Waals surface area contributed by atoms with Gasteiger partial charge in [-0.05, 0) is 13.8 Å². The van der Waals surface area contributed by atoms with E-state index in [2.05, 4.69) is 5.32 Å². The van der Waals surface area contributed by atoms with Gasteiger partial charge >= 0.3 is 0 Å². The van der Waals surface area contributed by atoms with E-state index >= 15 is 0 Å². The van der Waals surface area contributed by atoms with Crippen LogP contribution in [0.1, 0.15) is 20.3 Å². The topological polar surface area (TPSA) is 69.6 Å². The molecular weight excluding hydrogens is 184 g/mol. The van der Waals surface area contributed by atoms with Gasteiger partial charge in [0.25, 0.3) is 5.91 Å². The molecule has 0 radical (unpaired) electrons. The Balaban J connectivity index is 2.60. The van der Waals surface area contributed by atoms with Gasteiger partial charge in [0.1, 0.15) is 5.60 Å². The molecule has 0 aromatic carbocycles. The molecule has 0 spiro atoms. The summed E-state index contributed by atoms with van der Waals surface area (Å²) in [6, 6.07) is 0. The highest BCUT2D eigenvalue weighted by Gasteiger charge is 2.30. The first-order valence-corrected chi connectivity index (χ1v) is 4.70. The number of carbonyl (C=O) groups is 2. The number of amides is 2. The minimum absolute atomic E-state index is 0.0453. The van der Waals surface area contributed by atoms with E-state index in [-0.39, 0.29) is 11.8 Å². The third-order valence-electron chi connectivity index (χ3n) is 2.12. The molecule has 1 aliphatic heterocycles. The number of rotatable bonds is 1. The summed E-state index contributed by atoms with van der Waals surface area (Å²) in [6.07, 6.45) is 0.307. The minimum Gasteiger partial charge on any atom is -0.381 e. The number of nitrogens with zero attached hydrogens (tertiary/aromatic N) is 1. The van der Waals surface area contributed by atoms with Gasteiger partial charge in [-0.1, -0.05) is 0 Å². The molecule has 0 aromatic heterocycles. The first-order valence-electron chi connectivity index (χ1n) is 4.70. The van der Waals surface area contributed by atoms with E-state index in [9.17, 15) is 14.7 Å². The van der Waals surface area contributed by atoms with Gasteiger partial charge < -0.3 is 15.3 Å². The second-order valence-electron chi connectivity index (χ2n) is 3.95. The second kappa shape index (κ2) is 3.96. The molecule has 1 saturated heterocycles. The first-order chi connectivity index (χ1) is 6.41. The van der Waals surface area contributed by atoms with Crippen molar-refractivity contribution < 1.29 is 14.7 Å². The lowest BCUT2D eigenvalue weighted by Crippen LogP contribution is -2.46. The van der Waals surface area contributed by atoms with E-state index in [1.807, 2.05) is 0 Å². The lowest BCUT2D eigenvalue weighted by atomic mass is 10.1.